The molecule has 0 saturated heterocycles. The zero-order valence-corrected chi connectivity index (χ0v) is 13.4. The molecule has 1 nitrogen and oxygen atoms in total. The van der Waals surface area contributed by atoms with E-state index in [1.165, 1.54) is 25.7 Å². The molecule has 114 valence electrons. The minimum atomic E-state index is -0.0437. The van der Waals surface area contributed by atoms with Crippen molar-refractivity contribution in [3.63, 3.8) is 0 Å². The predicted molar refractivity (Wildman–Crippen MR) is 86.2 cm³/mol. The molecule has 3 aliphatic carbocycles. The lowest BCUT2D eigenvalue weighted by molar-refractivity contribution is -0.0513. The van der Waals surface area contributed by atoms with Gasteiger partial charge in [0.05, 0.1) is 6.10 Å². The fraction of sp³-hybridized carbons (Fsp3) is 0.700. The normalized spacial score (nSPS) is 44.8. The molecule has 1 aromatic carbocycles. The summed E-state index contributed by atoms with van der Waals surface area (Å²) in [7, 11) is 0. The van der Waals surface area contributed by atoms with Crippen LogP contribution in [0.1, 0.15) is 63.0 Å². The van der Waals surface area contributed by atoms with Gasteiger partial charge in [-0.15, -0.1) is 0 Å². The van der Waals surface area contributed by atoms with Gasteiger partial charge in [0.1, 0.15) is 0 Å². The average Bonchev–Trinajstić information content (AvgIpc) is 2.85. The van der Waals surface area contributed by atoms with Crippen molar-refractivity contribution in [1.29, 1.82) is 0 Å². The van der Waals surface area contributed by atoms with Gasteiger partial charge in [-0.3, -0.25) is 0 Å². The summed E-state index contributed by atoms with van der Waals surface area (Å²) in [5.41, 5.74) is 3.46. The smallest absolute Gasteiger partial charge is 0.0599 e. The number of hydrogen-bond donors (Lipinski definition) is 1. The van der Waals surface area contributed by atoms with Gasteiger partial charge >= 0.3 is 0 Å². The largest absolute Gasteiger partial charge is 0.393 e. The molecule has 0 bridgehead atoms. The fourth-order valence-corrected chi connectivity index (χ4v) is 6.38. The van der Waals surface area contributed by atoms with E-state index in [0.717, 1.165) is 36.5 Å². The topological polar surface area (TPSA) is 20.2 Å². The summed E-state index contributed by atoms with van der Waals surface area (Å²) in [5.74, 6) is 3.07. The number of fused-ring (bicyclic) bond motifs is 5. The van der Waals surface area contributed by atoms with Crippen molar-refractivity contribution in [2.75, 3.05) is 0 Å². The van der Waals surface area contributed by atoms with E-state index in [1.54, 1.807) is 11.1 Å². The molecule has 4 rings (SSSR count). The maximum atomic E-state index is 10.6. The molecule has 1 aromatic rings. The van der Waals surface area contributed by atoms with Crippen molar-refractivity contribution < 1.29 is 5.11 Å². The van der Waals surface area contributed by atoms with Crippen LogP contribution in [0.3, 0.4) is 0 Å². The third-order valence-electron chi connectivity index (χ3n) is 7.31. The van der Waals surface area contributed by atoms with Crippen LogP contribution in [0.4, 0.5) is 0 Å². The monoisotopic (exact) mass is 284 g/mol. The van der Waals surface area contributed by atoms with Crippen molar-refractivity contribution >= 4 is 0 Å². The second-order valence-electron chi connectivity index (χ2n) is 7.89. The van der Waals surface area contributed by atoms with E-state index >= 15 is 0 Å². The maximum absolute atomic E-state index is 10.6. The van der Waals surface area contributed by atoms with Crippen molar-refractivity contribution in [2.45, 2.75) is 64.4 Å². The lowest BCUT2D eigenvalue weighted by Crippen LogP contribution is -2.47. The van der Waals surface area contributed by atoms with Crippen LogP contribution < -0.4 is 0 Å². The van der Waals surface area contributed by atoms with Crippen molar-refractivity contribution in [2.24, 2.45) is 23.2 Å². The molecule has 0 heterocycles. The maximum Gasteiger partial charge on any atom is 0.0599 e. The van der Waals surface area contributed by atoms with Crippen molar-refractivity contribution in [1.82, 2.24) is 0 Å². The SMILES string of the molecule is CC[C@]12CC[C@@H]3c4ccccc4C[C@@H](C)[C@H]3[C@@H]1CC[C@@H]2O. The number of rotatable bonds is 1. The summed E-state index contributed by atoms with van der Waals surface area (Å²) >= 11 is 0. The molecule has 0 aromatic heterocycles. The fourth-order valence-electron chi connectivity index (χ4n) is 6.38. The van der Waals surface area contributed by atoms with Gasteiger partial charge in [0.25, 0.3) is 0 Å². The van der Waals surface area contributed by atoms with Crippen LogP contribution in [0.15, 0.2) is 24.3 Å². The Bertz CT molecular complexity index is 536. The minimum absolute atomic E-state index is 0.0437. The zero-order chi connectivity index (χ0) is 14.6. The summed E-state index contributed by atoms with van der Waals surface area (Å²) < 4.78 is 0. The summed E-state index contributed by atoms with van der Waals surface area (Å²) in [6.07, 6.45) is 7.17. The number of aliphatic hydroxyl groups excluding tert-OH is 1. The first-order chi connectivity index (χ1) is 10.2. The van der Waals surface area contributed by atoms with Gasteiger partial charge in [-0.25, -0.2) is 0 Å². The highest BCUT2D eigenvalue weighted by Crippen LogP contribution is 2.63. The highest BCUT2D eigenvalue weighted by atomic mass is 16.3. The van der Waals surface area contributed by atoms with E-state index in [9.17, 15) is 5.11 Å². The Kier molecular flexibility index (Phi) is 3.19. The first kappa shape index (κ1) is 13.8. The van der Waals surface area contributed by atoms with E-state index in [2.05, 4.69) is 38.1 Å². The first-order valence-electron chi connectivity index (χ1n) is 8.93. The van der Waals surface area contributed by atoms with Crippen molar-refractivity contribution in [3.05, 3.63) is 35.4 Å². The summed E-state index contributed by atoms with van der Waals surface area (Å²) in [5, 5.41) is 10.6. The average molecular weight is 284 g/mol. The van der Waals surface area contributed by atoms with Crippen LogP contribution in [0.2, 0.25) is 0 Å². The van der Waals surface area contributed by atoms with Gasteiger partial charge in [-0.1, -0.05) is 38.1 Å². The Labute approximate surface area is 128 Å². The molecule has 0 amide bonds. The lowest BCUT2D eigenvalue weighted by Gasteiger charge is -2.53. The number of hydrogen-bond acceptors (Lipinski definition) is 1. The van der Waals surface area contributed by atoms with Crippen LogP contribution in [0.5, 0.6) is 0 Å². The van der Waals surface area contributed by atoms with Crippen LogP contribution >= 0.6 is 0 Å². The minimum Gasteiger partial charge on any atom is -0.393 e. The third kappa shape index (κ3) is 1.79. The Morgan fingerprint density at radius 3 is 2.81 bits per heavy atom. The molecule has 6 atom stereocenters. The molecule has 2 fully saturated rings. The van der Waals surface area contributed by atoms with E-state index in [-0.39, 0.29) is 11.5 Å². The lowest BCUT2D eigenvalue weighted by atomic mass is 9.51. The van der Waals surface area contributed by atoms with Gasteiger partial charge in [0.15, 0.2) is 0 Å². The van der Waals surface area contributed by atoms with E-state index in [4.69, 9.17) is 0 Å². The molecular weight excluding hydrogens is 256 g/mol. The molecule has 1 N–H and O–H groups in total. The van der Waals surface area contributed by atoms with E-state index in [0.29, 0.717) is 0 Å². The quantitative estimate of drug-likeness (QED) is 0.802. The second-order valence-corrected chi connectivity index (χ2v) is 7.89. The summed E-state index contributed by atoms with van der Waals surface area (Å²) in [4.78, 5) is 0. The molecule has 2 saturated carbocycles. The molecule has 0 unspecified atom stereocenters. The molecule has 21 heavy (non-hydrogen) atoms. The standard InChI is InChI=1S/C20H28O/c1-3-20-11-10-16-15-7-5-4-6-14(15)12-13(2)19(16)17(20)8-9-18(20)21/h4-7,13,16-19,21H,3,8-12H2,1-2H3/t13-,16-,17+,18+,19-,20+/m1/s1. The van der Waals surface area contributed by atoms with Gasteiger partial charge in [0.2, 0.25) is 0 Å². The summed E-state index contributed by atoms with van der Waals surface area (Å²) in [6, 6.07) is 9.14. The van der Waals surface area contributed by atoms with Gasteiger partial charge < -0.3 is 5.11 Å². The van der Waals surface area contributed by atoms with Crippen LogP contribution in [0, 0.1) is 23.2 Å². The Balaban J connectivity index is 1.76. The van der Waals surface area contributed by atoms with Crippen LogP contribution in [-0.2, 0) is 6.42 Å². The molecular formula is C20H28O. The summed E-state index contributed by atoms with van der Waals surface area (Å²) in [6.45, 7) is 4.77. The number of aliphatic hydroxyl groups is 1. The second kappa shape index (κ2) is 4.84. The van der Waals surface area contributed by atoms with Gasteiger partial charge in [0, 0.05) is 0 Å². The zero-order valence-electron chi connectivity index (χ0n) is 13.4. The Morgan fingerprint density at radius 1 is 1.19 bits per heavy atom. The van der Waals surface area contributed by atoms with Gasteiger partial charge in [-0.05, 0) is 78.7 Å². The Hall–Kier alpha value is -0.820. The first-order valence-corrected chi connectivity index (χ1v) is 8.93. The molecule has 0 radical (unpaired) electrons. The van der Waals surface area contributed by atoms with Crippen molar-refractivity contribution in [3.8, 4) is 0 Å². The predicted octanol–water partition coefficient (Wildman–Crippen LogP) is 4.54. The van der Waals surface area contributed by atoms with Gasteiger partial charge in [-0.2, -0.15) is 0 Å². The molecule has 0 spiro atoms. The highest BCUT2D eigenvalue weighted by molar-refractivity contribution is 5.35. The van der Waals surface area contributed by atoms with Crippen LogP contribution in [0.25, 0.3) is 0 Å². The molecule has 3 aliphatic rings. The Morgan fingerprint density at radius 2 is 2.00 bits per heavy atom. The molecule has 1 heteroatoms. The molecule has 0 aliphatic heterocycles. The van der Waals surface area contributed by atoms with Crippen LogP contribution in [-0.4, -0.2) is 11.2 Å². The highest BCUT2D eigenvalue weighted by Gasteiger charge is 2.57. The van der Waals surface area contributed by atoms with E-state index in [1.807, 2.05) is 0 Å². The number of benzene rings is 1. The van der Waals surface area contributed by atoms with E-state index < -0.39 is 0 Å². The third-order valence-corrected chi connectivity index (χ3v) is 7.31.